The number of nitrogens with one attached hydrogen (secondary N) is 2. The summed E-state index contributed by atoms with van der Waals surface area (Å²) in [5.41, 5.74) is 1.21. The van der Waals surface area contributed by atoms with Gasteiger partial charge in [0.25, 0.3) is 0 Å². The maximum Gasteiger partial charge on any atom is 0.126 e. The van der Waals surface area contributed by atoms with Crippen LogP contribution in [0.5, 0.6) is 0 Å². The van der Waals surface area contributed by atoms with Gasteiger partial charge in [-0.25, -0.2) is 4.98 Å². The lowest BCUT2D eigenvalue weighted by Crippen LogP contribution is -2.35. The second kappa shape index (κ2) is 7.49. The van der Waals surface area contributed by atoms with Gasteiger partial charge in [0.05, 0.1) is 5.69 Å². The van der Waals surface area contributed by atoms with E-state index in [-0.39, 0.29) is 5.54 Å². The lowest BCUT2D eigenvalue weighted by Gasteiger charge is -2.20. The molecule has 0 unspecified atom stereocenters. The molecule has 0 aliphatic heterocycles. The second-order valence-corrected chi connectivity index (χ2v) is 6.18. The van der Waals surface area contributed by atoms with Crippen LogP contribution in [-0.4, -0.2) is 17.1 Å². The van der Waals surface area contributed by atoms with Crippen molar-refractivity contribution >= 4 is 5.82 Å². The van der Waals surface area contributed by atoms with Gasteiger partial charge in [-0.15, -0.1) is 0 Å². The molecule has 0 aliphatic rings. The summed E-state index contributed by atoms with van der Waals surface area (Å²) in [7, 11) is 0. The van der Waals surface area contributed by atoms with Gasteiger partial charge in [0, 0.05) is 18.6 Å². The summed E-state index contributed by atoms with van der Waals surface area (Å²) < 4.78 is 0. The molecule has 2 N–H and O–H groups in total. The van der Waals surface area contributed by atoms with E-state index in [1.165, 1.54) is 12.8 Å². The Labute approximate surface area is 118 Å². The Morgan fingerprint density at radius 2 is 1.84 bits per heavy atom. The topological polar surface area (TPSA) is 37.0 Å². The van der Waals surface area contributed by atoms with E-state index in [0.29, 0.717) is 0 Å². The van der Waals surface area contributed by atoms with Crippen molar-refractivity contribution in [2.24, 2.45) is 5.92 Å². The summed E-state index contributed by atoms with van der Waals surface area (Å²) in [6, 6.07) is 6.19. The first-order valence-corrected chi connectivity index (χ1v) is 7.39. The number of rotatable bonds is 7. The minimum atomic E-state index is 0.126. The quantitative estimate of drug-likeness (QED) is 0.785. The molecule has 1 heterocycles. The number of hydrogen-bond acceptors (Lipinski definition) is 3. The van der Waals surface area contributed by atoms with E-state index in [2.05, 4.69) is 62.4 Å². The number of pyridine rings is 1. The van der Waals surface area contributed by atoms with Crippen molar-refractivity contribution in [2.75, 3.05) is 11.9 Å². The van der Waals surface area contributed by atoms with E-state index < -0.39 is 0 Å². The molecule has 0 saturated carbocycles. The third kappa shape index (κ3) is 6.58. The Morgan fingerprint density at radius 3 is 2.42 bits per heavy atom. The van der Waals surface area contributed by atoms with Crippen molar-refractivity contribution in [3.05, 3.63) is 23.9 Å². The van der Waals surface area contributed by atoms with Gasteiger partial charge in [0.15, 0.2) is 0 Å². The Kier molecular flexibility index (Phi) is 6.29. The van der Waals surface area contributed by atoms with Crippen LogP contribution in [0.25, 0.3) is 0 Å². The highest BCUT2D eigenvalue weighted by atomic mass is 15.0. The molecule has 0 aliphatic carbocycles. The number of anilines is 1. The zero-order chi connectivity index (χ0) is 14.3. The molecule has 0 fully saturated rings. The van der Waals surface area contributed by atoms with E-state index in [1.54, 1.807) is 0 Å². The molecule has 1 aromatic rings. The SMILES string of the molecule is CCC(CC)CNc1cccc(CNC(C)(C)C)n1. The first kappa shape index (κ1) is 16.0. The first-order chi connectivity index (χ1) is 8.94. The predicted molar refractivity (Wildman–Crippen MR) is 83.4 cm³/mol. The summed E-state index contributed by atoms with van der Waals surface area (Å²) in [6.45, 7) is 12.8. The van der Waals surface area contributed by atoms with Crippen LogP contribution >= 0.6 is 0 Å². The maximum atomic E-state index is 4.64. The summed E-state index contributed by atoms with van der Waals surface area (Å²) in [4.78, 5) is 4.64. The first-order valence-electron chi connectivity index (χ1n) is 7.39. The van der Waals surface area contributed by atoms with Crippen molar-refractivity contribution in [2.45, 2.75) is 59.5 Å². The molecule has 3 heteroatoms. The van der Waals surface area contributed by atoms with Crippen LogP contribution < -0.4 is 10.6 Å². The van der Waals surface area contributed by atoms with Crippen LogP contribution in [0.2, 0.25) is 0 Å². The van der Waals surface area contributed by atoms with Crippen molar-refractivity contribution in [1.29, 1.82) is 0 Å². The van der Waals surface area contributed by atoms with Crippen LogP contribution in [0.4, 0.5) is 5.82 Å². The molecule has 0 saturated heterocycles. The van der Waals surface area contributed by atoms with Gasteiger partial charge in [-0.1, -0.05) is 32.8 Å². The van der Waals surface area contributed by atoms with Crippen LogP contribution in [0, 0.1) is 5.92 Å². The molecule has 1 aromatic heterocycles. The highest BCUT2D eigenvalue weighted by molar-refractivity contribution is 5.35. The summed E-state index contributed by atoms with van der Waals surface area (Å²) >= 11 is 0. The second-order valence-electron chi connectivity index (χ2n) is 6.18. The van der Waals surface area contributed by atoms with Gasteiger partial charge >= 0.3 is 0 Å². The summed E-state index contributed by atoms with van der Waals surface area (Å²) in [5.74, 6) is 1.72. The lowest BCUT2D eigenvalue weighted by molar-refractivity contribution is 0.421. The van der Waals surface area contributed by atoms with Gasteiger partial charge < -0.3 is 10.6 Å². The standard InChI is InChI=1S/C16H29N3/c1-6-13(7-2)11-17-15-10-8-9-14(19-15)12-18-16(3,4)5/h8-10,13,18H,6-7,11-12H2,1-5H3,(H,17,19). The third-order valence-electron chi connectivity index (χ3n) is 3.33. The zero-order valence-electron chi connectivity index (χ0n) is 13.1. The van der Waals surface area contributed by atoms with Gasteiger partial charge in [0.1, 0.15) is 5.82 Å². The van der Waals surface area contributed by atoms with E-state index in [4.69, 9.17) is 0 Å². The van der Waals surface area contributed by atoms with Gasteiger partial charge in [-0.05, 0) is 38.8 Å². The maximum absolute atomic E-state index is 4.64. The molecule has 0 spiro atoms. The van der Waals surface area contributed by atoms with Crippen molar-refractivity contribution in [3.63, 3.8) is 0 Å². The number of hydrogen-bond donors (Lipinski definition) is 2. The normalized spacial score (nSPS) is 11.9. The molecule has 19 heavy (non-hydrogen) atoms. The number of nitrogens with zero attached hydrogens (tertiary/aromatic N) is 1. The van der Waals surface area contributed by atoms with Gasteiger partial charge in [0.2, 0.25) is 0 Å². The Morgan fingerprint density at radius 1 is 1.16 bits per heavy atom. The predicted octanol–water partition coefficient (Wildman–Crippen LogP) is 3.82. The average Bonchev–Trinajstić information content (AvgIpc) is 2.37. The van der Waals surface area contributed by atoms with E-state index in [1.807, 2.05) is 6.07 Å². The van der Waals surface area contributed by atoms with Crippen LogP contribution in [-0.2, 0) is 6.54 Å². The Balaban J connectivity index is 2.52. The Hall–Kier alpha value is -1.09. The third-order valence-corrected chi connectivity index (χ3v) is 3.33. The van der Waals surface area contributed by atoms with Crippen molar-refractivity contribution in [1.82, 2.24) is 10.3 Å². The van der Waals surface area contributed by atoms with Gasteiger partial charge in [-0.2, -0.15) is 0 Å². The highest BCUT2D eigenvalue weighted by Crippen LogP contribution is 2.11. The number of aromatic nitrogens is 1. The van der Waals surface area contributed by atoms with Crippen molar-refractivity contribution < 1.29 is 0 Å². The molecule has 0 radical (unpaired) electrons. The highest BCUT2D eigenvalue weighted by Gasteiger charge is 2.09. The fraction of sp³-hybridized carbons (Fsp3) is 0.688. The molecule has 3 nitrogen and oxygen atoms in total. The molecule has 0 amide bonds. The summed E-state index contributed by atoms with van der Waals surface area (Å²) in [6.07, 6.45) is 2.43. The minimum absolute atomic E-state index is 0.126. The molecule has 108 valence electrons. The van der Waals surface area contributed by atoms with Crippen LogP contribution in [0.15, 0.2) is 18.2 Å². The van der Waals surface area contributed by atoms with Crippen LogP contribution in [0.3, 0.4) is 0 Å². The summed E-state index contributed by atoms with van der Waals surface area (Å²) in [5, 5.41) is 6.91. The monoisotopic (exact) mass is 263 g/mol. The van der Waals surface area contributed by atoms with Crippen LogP contribution in [0.1, 0.15) is 53.2 Å². The zero-order valence-corrected chi connectivity index (χ0v) is 13.1. The molecular weight excluding hydrogens is 234 g/mol. The van der Waals surface area contributed by atoms with E-state index in [9.17, 15) is 0 Å². The van der Waals surface area contributed by atoms with Gasteiger partial charge in [-0.3, -0.25) is 0 Å². The largest absolute Gasteiger partial charge is 0.370 e. The molecule has 0 atom stereocenters. The fourth-order valence-corrected chi connectivity index (χ4v) is 1.86. The Bertz CT molecular complexity index is 365. The van der Waals surface area contributed by atoms with E-state index in [0.717, 1.165) is 30.5 Å². The lowest BCUT2D eigenvalue weighted by atomic mass is 10.0. The van der Waals surface area contributed by atoms with Crippen molar-refractivity contribution in [3.8, 4) is 0 Å². The molecule has 0 aromatic carbocycles. The minimum Gasteiger partial charge on any atom is -0.370 e. The fourth-order valence-electron chi connectivity index (χ4n) is 1.86. The average molecular weight is 263 g/mol. The van der Waals surface area contributed by atoms with E-state index >= 15 is 0 Å². The molecule has 0 bridgehead atoms. The molecule has 1 rings (SSSR count). The molecular formula is C16H29N3. The smallest absolute Gasteiger partial charge is 0.126 e.